The Morgan fingerprint density at radius 3 is 2.58 bits per heavy atom. The molecule has 0 unspecified atom stereocenters. The van der Waals surface area contributed by atoms with Crippen molar-refractivity contribution < 1.29 is 0 Å². The van der Waals surface area contributed by atoms with Gasteiger partial charge in [-0.1, -0.05) is 0 Å². The molecule has 1 aliphatic rings. The molecule has 2 N–H and O–H groups in total. The first-order valence-electron chi connectivity index (χ1n) is 6.36. The van der Waals surface area contributed by atoms with Crippen molar-refractivity contribution in [2.45, 2.75) is 19.3 Å². The van der Waals surface area contributed by atoms with Crippen molar-refractivity contribution >= 4 is 11.9 Å². The lowest BCUT2D eigenvalue weighted by atomic mass is 10.1. The first kappa shape index (κ1) is 11.8. The fourth-order valence-electron chi connectivity index (χ4n) is 2.15. The average Bonchev–Trinajstić information content (AvgIpc) is 2.48. The quantitative estimate of drug-likeness (QED) is 0.854. The van der Waals surface area contributed by atoms with E-state index in [1.54, 1.807) is 18.6 Å². The Bertz CT molecular complexity index is 551. The van der Waals surface area contributed by atoms with Crippen LogP contribution in [0.15, 0.2) is 18.6 Å². The van der Waals surface area contributed by atoms with Gasteiger partial charge in [-0.15, -0.1) is 0 Å². The Morgan fingerprint density at radius 1 is 1.00 bits per heavy atom. The molecule has 1 saturated heterocycles. The van der Waals surface area contributed by atoms with E-state index < -0.39 is 0 Å². The molecule has 1 fully saturated rings. The molecule has 98 valence electrons. The van der Waals surface area contributed by atoms with Crippen LogP contribution in [-0.4, -0.2) is 38.0 Å². The number of nitrogens with two attached hydrogens (primary N) is 1. The van der Waals surface area contributed by atoms with E-state index >= 15 is 0 Å². The van der Waals surface area contributed by atoms with Crippen molar-refractivity contribution in [2.24, 2.45) is 0 Å². The molecule has 0 aromatic carbocycles. The summed E-state index contributed by atoms with van der Waals surface area (Å²) < 4.78 is 0. The van der Waals surface area contributed by atoms with Gasteiger partial charge >= 0.3 is 0 Å². The molecule has 3 rings (SSSR count). The highest BCUT2D eigenvalue weighted by atomic mass is 15.3. The molecular weight excluding hydrogens is 242 g/mol. The van der Waals surface area contributed by atoms with Gasteiger partial charge in [0.1, 0.15) is 5.69 Å². The molecule has 0 radical (unpaired) electrons. The lowest BCUT2D eigenvalue weighted by molar-refractivity contribution is 0.568. The number of hydrogen-bond acceptors (Lipinski definition) is 7. The highest BCUT2D eigenvalue weighted by Crippen LogP contribution is 2.19. The third kappa shape index (κ3) is 2.59. The maximum Gasteiger partial charge on any atom is 0.230 e. The summed E-state index contributed by atoms with van der Waals surface area (Å²) >= 11 is 0. The minimum atomic E-state index is 0.219. The first-order chi connectivity index (χ1) is 9.33. The molecule has 1 aliphatic heterocycles. The molecule has 19 heavy (non-hydrogen) atoms. The maximum absolute atomic E-state index is 5.77. The van der Waals surface area contributed by atoms with Gasteiger partial charge in [0.05, 0.1) is 6.20 Å². The van der Waals surface area contributed by atoms with Crippen LogP contribution in [0.4, 0.5) is 11.9 Å². The van der Waals surface area contributed by atoms with E-state index in [1.807, 2.05) is 0 Å². The van der Waals surface area contributed by atoms with Gasteiger partial charge in [-0.2, -0.15) is 15.0 Å². The highest BCUT2D eigenvalue weighted by molar-refractivity contribution is 5.52. The first-order valence-corrected chi connectivity index (χ1v) is 6.36. The summed E-state index contributed by atoms with van der Waals surface area (Å²) in [6, 6.07) is 0. The SMILES string of the molecule is Nc1nc(-c2cnccn2)nc(N2CCCCC2)n1. The summed E-state index contributed by atoms with van der Waals surface area (Å²) in [4.78, 5) is 23.1. The van der Waals surface area contributed by atoms with Gasteiger partial charge < -0.3 is 10.6 Å². The number of hydrogen-bond donors (Lipinski definition) is 1. The Balaban J connectivity index is 1.96. The second-order valence-corrected chi connectivity index (χ2v) is 4.46. The van der Waals surface area contributed by atoms with Crippen LogP contribution in [0.1, 0.15) is 19.3 Å². The van der Waals surface area contributed by atoms with Crippen LogP contribution in [-0.2, 0) is 0 Å². The zero-order valence-electron chi connectivity index (χ0n) is 10.5. The highest BCUT2D eigenvalue weighted by Gasteiger charge is 2.16. The van der Waals surface area contributed by atoms with Crippen molar-refractivity contribution in [3.8, 4) is 11.5 Å². The average molecular weight is 257 g/mol. The number of rotatable bonds is 2. The zero-order chi connectivity index (χ0) is 13.1. The summed E-state index contributed by atoms with van der Waals surface area (Å²) in [6.45, 7) is 1.92. The molecule has 0 saturated carbocycles. The van der Waals surface area contributed by atoms with Crippen molar-refractivity contribution in [3.63, 3.8) is 0 Å². The number of nitrogens with zero attached hydrogens (tertiary/aromatic N) is 6. The van der Waals surface area contributed by atoms with Crippen LogP contribution in [0, 0.1) is 0 Å². The monoisotopic (exact) mass is 257 g/mol. The van der Waals surface area contributed by atoms with Crippen LogP contribution < -0.4 is 10.6 Å². The van der Waals surface area contributed by atoms with Crippen molar-refractivity contribution in [3.05, 3.63) is 18.6 Å². The summed E-state index contributed by atoms with van der Waals surface area (Å²) in [5.41, 5.74) is 6.37. The largest absolute Gasteiger partial charge is 0.368 e. The van der Waals surface area contributed by atoms with E-state index in [4.69, 9.17) is 5.73 Å². The third-order valence-electron chi connectivity index (χ3n) is 3.07. The molecule has 0 bridgehead atoms. The normalized spacial score (nSPS) is 15.5. The van der Waals surface area contributed by atoms with Gasteiger partial charge in [0.25, 0.3) is 0 Å². The van der Waals surface area contributed by atoms with Gasteiger partial charge in [-0.05, 0) is 19.3 Å². The second kappa shape index (κ2) is 5.13. The Labute approximate surface area is 111 Å². The standard InChI is InChI=1S/C12H15N7/c13-11-16-10(9-8-14-4-5-15-9)17-12(18-11)19-6-2-1-3-7-19/h4-5,8H,1-3,6-7H2,(H2,13,16,17,18). The fourth-order valence-corrected chi connectivity index (χ4v) is 2.15. The predicted octanol–water partition coefficient (Wildman–Crippen LogP) is 0.901. The van der Waals surface area contributed by atoms with Crippen LogP contribution in [0.3, 0.4) is 0 Å². The van der Waals surface area contributed by atoms with Crippen LogP contribution in [0.2, 0.25) is 0 Å². The molecule has 2 aromatic heterocycles. The van der Waals surface area contributed by atoms with Gasteiger partial charge in [0.2, 0.25) is 11.9 Å². The zero-order valence-corrected chi connectivity index (χ0v) is 10.5. The fraction of sp³-hybridized carbons (Fsp3) is 0.417. The van der Waals surface area contributed by atoms with Crippen molar-refractivity contribution in [2.75, 3.05) is 23.7 Å². The Hall–Kier alpha value is -2.31. The van der Waals surface area contributed by atoms with Crippen LogP contribution in [0.25, 0.3) is 11.5 Å². The molecule has 7 heteroatoms. The number of anilines is 2. The number of aromatic nitrogens is 5. The molecule has 0 atom stereocenters. The molecular formula is C12H15N7. The molecule has 3 heterocycles. The second-order valence-electron chi connectivity index (χ2n) is 4.46. The maximum atomic E-state index is 5.77. The van der Waals surface area contributed by atoms with E-state index in [0.29, 0.717) is 17.5 Å². The van der Waals surface area contributed by atoms with Crippen LogP contribution >= 0.6 is 0 Å². The molecule has 0 aliphatic carbocycles. The summed E-state index contributed by atoms with van der Waals surface area (Å²) in [5, 5.41) is 0. The Kier molecular flexibility index (Phi) is 3.18. The van der Waals surface area contributed by atoms with E-state index in [1.165, 1.54) is 6.42 Å². The van der Waals surface area contributed by atoms with E-state index in [0.717, 1.165) is 25.9 Å². The van der Waals surface area contributed by atoms with Gasteiger partial charge in [-0.25, -0.2) is 4.98 Å². The Morgan fingerprint density at radius 2 is 1.84 bits per heavy atom. The molecule has 0 spiro atoms. The summed E-state index contributed by atoms with van der Waals surface area (Å²) in [7, 11) is 0. The topological polar surface area (TPSA) is 93.7 Å². The number of nitrogen functional groups attached to an aromatic ring is 1. The van der Waals surface area contributed by atoms with E-state index in [9.17, 15) is 0 Å². The van der Waals surface area contributed by atoms with Crippen molar-refractivity contribution in [1.82, 2.24) is 24.9 Å². The molecule has 0 amide bonds. The van der Waals surface area contributed by atoms with Gasteiger partial charge in [0.15, 0.2) is 5.82 Å². The summed E-state index contributed by atoms with van der Waals surface area (Å²) in [6.07, 6.45) is 8.41. The molecule has 2 aromatic rings. The lowest BCUT2D eigenvalue weighted by Crippen LogP contribution is -2.31. The smallest absolute Gasteiger partial charge is 0.230 e. The predicted molar refractivity (Wildman–Crippen MR) is 71.3 cm³/mol. The van der Waals surface area contributed by atoms with Crippen LogP contribution in [0.5, 0.6) is 0 Å². The van der Waals surface area contributed by atoms with Crippen molar-refractivity contribution in [1.29, 1.82) is 0 Å². The van der Waals surface area contributed by atoms with E-state index in [2.05, 4.69) is 29.8 Å². The van der Waals surface area contributed by atoms with Gasteiger partial charge in [-0.3, -0.25) is 4.98 Å². The van der Waals surface area contributed by atoms with E-state index in [-0.39, 0.29) is 5.95 Å². The third-order valence-corrected chi connectivity index (χ3v) is 3.07. The van der Waals surface area contributed by atoms with Gasteiger partial charge in [0, 0.05) is 25.5 Å². The minimum Gasteiger partial charge on any atom is -0.368 e. The minimum absolute atomic E-state index is 0.219. The molecule has 7 nitrogen and oxygen atoms in total. The lowest BCUT2D eigenvalue weighted by Gasteiger charge is -2.26. The summed E-state index contributed by atoms with van der Waals surface area (Å²) in [5.74, 6) is 1.32. The number of piperidine rings is 1.